The maximum absolute atomic E-state index is 6.04. The first-order valence-electron chi connectivity index (χ1n) is 5.56. The zero-order valence-corrected chi connectivity index (χ0v) is 11.0. The molecule has 2 aromatic rings. The molecule has 0 bridgehead atoms. The second kappa shape index (κ2) is 5.52. The fourth-order valence-corrected chi connectivity index (χ4v) is 2.57. The molecule has 1 heterocycles. The van der Waals surface area contributed by atoms with Crippen molar-refractivity contribution < 1.29 is 0 Å². The Bertz CT molecular complexity index is 477. The van der Waals surface area contributed by atoms with Crippen molar-refractivity contribution in [2.75, 3.05) is 0 Å². The van der Waals surface area contributed by atoms with Crippen molar-refractivity contribution in [1.29, 1.82) is 0 Å². The molecule has 0 spiro atoms. The fraction of sp³-hybridized carbons (Fsp3) is 0.214. The summed E-state index contributed by atoms with van der Waals surface area (Å²) in [4.78, 5) is 4.16. The summed E-state index contributed by atoms with van der Waals surface area (Å²) in [5, 5.41) is 1.35. The second-order valence-corrected chi connectivity index (χ2v) is 4.82. The Kier molecular flexibility index (Phi) is 4.03. The Morgan fingerprint density at radius 2 is 1.82 bits per heavy atom. The Hall–Kier alpha value is -1.05. The Morgan fingerprint density at radius 3 is 2.35 bits per heavy atom. The van der Waals surface area contributed by atoms with Crippen molar-refractivity contribution in [1.82, 2.24) is 4.98 Å². The van der Waals surface area contributed by atoms with Crippen LogP contribution in [0.3, 0.4) is 0 Å². The molecule has 1 nitrogen and oxygen atoms in total. The topological polar surface area (TPSA) is 12.9 Å². The van der Waals surface area contributed by atoms with Gasteiger partial charge in [0.1, 0.15) is 0 Å². The van der Waals surface area contributed by atoms with Crippen molar-refractivity contribution in [3.63, 3.8) is 0 Å². The van der Waals surface area contributed by atoms with E-state index in [1.807, 2.05) is 24.4 Å². The van der Waals surface area contributed by atoms with Gasteiger partial charge < -0.3 is 0 Å². The van der Waals surface area contributed by atoms with E-state index in [0.717, 1.165) is 12.0 Å². The number of nitrogens with zero attached hydrogens (tertiary/aromatic N) is 1. The van der Waals surface area contributed by atoms with Gasteiger partial charge in [-0.15, -0.1) is 0 Å². The SMILES string of the molecule is CCC(c1cccnc1)c1cc(Cl)cc(Cl)c1. The van der Waals surface area contributed by atoms with E-state index in [1.54, 1.807) is 12.3 Å². The van der Waals surface area contributed by atoms with Crippen molar-refractivity contribution in [2.45, 2.75) is 19.3 Å². The molecule has 0 N–H and O–H groups in total. The predicted molar refractivity (Wildman–Crippen MR) is 72.8 cm³/mol. The van der Waals surface area contributed by atoms with Gasteiger partial charge in [0, 0.05) is 28.4 Å². The highest BCUT2D eigenvalue weighted by Crippen LogP contribution is 2.31. The molecule has 1 unspecified atom stereocenters. The molecule has 1 aromatic carbocycles. The average Bonchev–Trinajstić information content (AvgIpc) is 2.30. The minimum atomic E-state index is 0.292. The molecule has 0 radical (unpaired) electrons. The summed E-state index contributed by atoms with van der Waals surface area (Å²) < 4.78 is 0. The Labute approximate surface area is 111 Å². The van der Waals surface area contributed by atoms with Gasteiger partial charge >= 0.3 is 0 Å². The Balaban J connectivity index is 2.42. The van der Waals surface area contributed by atoms with Crippen LogP contribution in [0.25, 0.3) is 0 Å². The van der Waals surface area contributed by atoms with Crippen LogP contribution in [0.1, 0.15) is 30.4 Å². The molecule has 2 rings (SSSR count). The third-order valence-electron chi connectivity index (χ3n) is 2.78. The zero-order chi connectivity index (χ0) is 12.3. The van der Waals surface area contributed by atoms with Crippen LogP contribution >= 0.6 is 23.2 Å². The van der Waals surface area contributed by atoms with Gasteiger partial charge in [0.05, 0.1) is 0 Å². The summed E-state index contributed by atoms with van der Waals surface area (Å²) in [6, 6.07) is 9.71. The molecule has 0 aliphatic carbocycles. The van der Waals surface area contributed by atoms with E-state index >= 15 is 0 Å². The highest BCUT2D eigenvalue weighted by molar-refractivity contribution is 6.34. The van der Waals surface area contributed by atoms with Crippen molar-refractivity contribution in [3.05, 3.63) is 63.9 Å². The van der Waals surface area contributed by atoms with Crippen LogP contribution in [0.4, 0.5) is 0 Å². The standard InChI is InChI=1S/C14H13Cl2N/c1-2-14(10-4-3-5-17-9-10)11-6-12(15)8-13(16)7-11/h3-9,14H,2H2,1H3. The first-order chi connectivity index (χ1) is 8.20. The van der Waals surface area contributed by atoms with Gasteiger partial charge in [-0.25, -0.2) is 0 Å². The first-order valence-corrected chi connectivity index (χ1v) is 6.32. The molecule has 0 aliphatic rings. The van der Waals surface area contributed by atoms with E-state index in [2.05, 4.69) is 18.0 Å². The molecule has 0 aliphatic heterocycles. The van der Waals surface area contributed by atoms with Crippen LogP contribution in [0.15, 0.2) is 42.7 Å². The van der Waals surface area contributed by atoms with Crippen LogP contribution in [-0.4, -0.2) is 4.98 Å². The maximum atomic E-state index is 6.04. The van der Waals surface area contributed by atoms with Crippen LogP contribution < -0.4 is 0 Å². The average molecular weight is 266 g/mol. The molecule has 0 fully saturated rings. The van der Waals surface area contributed by atoms with E-state index in [9.17, 15) is 0 Å². The number of hydrogen-bond donors (Lipinski definition) is 0. The largest absolute Gasteiger partial charge is 0.264 e. The van der Waals surface area contributed by atoms with Crippen LogP contribution in [0.5, 0.6) is 0 Å². The van der Waals surface area contributed by atoms with Gasteiger partial charge in [-0.2, -0.15) is 0 Å². The molecular weight excluding hydrogens is 253 g/mol. The highest BCUT2D eigenvalue weighted by Gasteiger charge is 2.13. The molecule has 1 aromatic heterocycles. The molecule has 0 saturated carbocycles. The molecular formula is C14H13Cl2N. The minimum absolute atomic E-state index is 0.292. The normalized spacial score (nSPS) is 12.4. The van der Waals surface area contributed by atoms with E-state index in [-0.39, 0.29) is 0 Å². The quantitative estimate of drug-likeness (QED) is 0.767. The predicted octanol–water partition coefficient (Wildman–Crippen LogP) is 4.93. The van der Waals surface area contributed by atoms with Crippen molar-refractivity contribution in [2.24, 2.45) is 0 Å². The lowest BCUT2D eigenvalue weighted by Crippen LogP contribution is -2.00. The zero-order valence-electron chi connectivity index (χ0n) is 9.53. The van der Waals surface area contributed by atoms with E-state index < -0.39 is 0 Å². The molecule has 0 amide bonds. The lowest BCUT2D eigenvalue weighted by molar-refractivity contribution is 0.773. The summed E-state index contributed by atoms with van der Waals surface area (Å²) in [6.07, 6.45) is 4.66. The summed E-state index contributed by atoms with van der Waals surface area (Å²) in [5.74, 6) is 0.292. The number of rotatable bonds is 3. The number of pyridine rings is 1. The monoisotopic (exact) mass is 265 g/mol. The van der Waals surface area contributed by atoms with Gasteiger partial charge in [-0.1, -0.05) is 36.2 Å². The third kappa shape index (κ3) is 2.99. The second-order valence-electron chi connectivity index (χ2n) is 3.95. The van der Waals surface area contributed by atoms with Gasteiger partial charge in [0.25, 0.3) is 0 Å². The lowest BCUT2D eigenvalue weighted by atomic mass is 9.90. The summed E-state index contributed by atoms with van der Waals surface area (Å²) in [7, 11) is 0. The summed E-state index contributed by atoms with van der Waals surface area (Å²) in [6.45, 7) is 2.15. The van der Waals surface area contributed by atoms with E-state index in [4.69, 9.17) is 23.2 Å². The van der Waals surface area contributed by atoms with Crippen molar-refractivity contribution >= 4 is 23.2 Å². The number of hydrogen-bond acceptors (Lipinski definition) is 1. The van der Waals surface area contributed by atoms with Crippen LogP contribution in [0, 0.1) is 0 Å². The Morgan fingerprint density at radius 1 is 1.12 bits per heavy atom. The van der Waals surface area contributed by atoms with Crippen LogP contribution in [0.2, 0.25) is 10.0 Å². The third-order valence-corrected chi connectivity index (χ3v) is 3.22. The number of aromatic nitrogens is 1. The highest BCUT2D eigenvalue weighted by atomic mass is 35.5. The smallest absolute Gasteiger partial charge is 0.0423 e. The molecule has 17 heavy (non-hydrogen) atoms. The van der Waals surface area contributed by atoms with Gasteiger partial charge in [0.2, 0.25) is 0 Å². The summed E-state index contributed by atoms with van der Waals surface area (Å²) in [5.41, 5.74) is 2.33. The number of benzene rings is 1. The minimum Gasteiger partial charge on any atom is -0.264 e. The maximum Gasteiger partial charge on any atom is 0.0423 e. The van der Waals surface area contributed by atoms with E-state index in [0.29, 0.717) is 16.0 Å². The van der Waals surface area contributed by atoms with Gasteiger partial charge in [0.15, 0.2) is 0 Å². The molecule has 88 valence electrons. The molecule has 0 saturated heterocycles. The first kappa shape index (κ1) is 12.4. The lowest BCUT2D eigenvalue weighted by Gasteiger charge is -2.16. The van der Waals surface area contributed by atoms with E-state index in [1.165, 1.54) is 5.56 Å². The molecule has 3 heteroatoms. The summed E-state index contributed by atoms with van der Waals surface area (Å²) >= 11 is 12.1. The van der Waals surface area contributed by atoms with Gasteiger partial charge in [-0.05, 0) is 41.8 Å². The van der Waals surface area contributed by atoms with Crippen molar-refractivity contribution in [3.8, 4) is 0 Å². The fourth-order valence-electron chi connectivity index (χ4n) is 2.02. The van der Waals surface area contributed by atoms with Gasteiger partial charge in [-0.3, -0.25) is 4.98 Å². The number of halogens is 2. The van der Waals surface area contributed by atoms with Crippen LogP contribution in [-0.2, 0) is 0 Å². The molecule has 1 atom stereocenters.